The van der Waals surface area contributed by atoms with E-state index in [1.807, 2.05) is 12.1 Å². The van der Waals surface area contributed by atoms with E-state index >= 15 is 0 Å². The zero-order valence-electron chi connectivity index (χ0n) is 16.1. The molecule has 148 valence electrons. The Hall–Kier alpha value is -4.26. The first-order chi connectivity index (χ1) is 14.6. The molecule has 0 saturated carbocycles. The molecule has 3 aromatic carbocycles. The molecule has 0 aliphatic rings. The maximum atomic E-state index is 12.5. The van der Waals surface area contributed by atoms with Crippen molar-refractivity contribution < 1.29 is 14.3 Å². The van der Waals surface area contributed by atoms with E-state index in [9.17, 15) is 9.59 Å². The molecule has 0 saturated heterocycles. The van der Waals surface area contributed by atoms with E-state index in [-0.39, 0.29) is 11.8 Å². The molecule has 1 heterocycles. The minimum Gasteiger partial charge on any atom is -0.495 e. The van der Waals surface area contributed by atoms with Gasteiger partial charge in [0.25, 0.3) is 11.8 Å². The number of carbonyl (C=O) groups is 2. The SMILES string of the molecule is COc1ccccc1NC(=O)c1ccc(NC(=O)c2ccc3nccnc3c2)cc1. The van der Waals surface area contributed by atoms with Gasteiger partial charge in [0.05, 0.1) is 23.8 Å². The van der Waals surface area contributed by atoms with Crippen molar-refractivity contribution in [1.82, 2.24) is 9.97 Å². The van der Waals surface area contributed by atoms with Crippen molar-refractivity contribution in [3.05, 3.63) is 90.3 Å². The van der Waals surface area contributed by atoms with E-state index in [1.165, 1.54) is 0 Å². The van der Waals surface area contributed by atoms with E-state index in [2.05, 4.69) is 20.6 Å². The normalized spacial score (nSPS) is 10.4. The van der Waals surface area contributed by atoms with Crippen LogP contribution < -0.4 is 15.4 Å². The highest BCUT2D eigenvalue weighted by Crippen LogP contribution is 2.24. The fourth-order valence-corrected chi connectivity index (χ4v) is 2.96. The van der Waals surface area contributed by atoms with Gasteiger partial charge in [0.2, 0.25) is 0 Å². The molecule has 0 fully saturated rings. The Labute approximate surface area is 172 Å². The number of amides is 2. The Balaban J connectivity index is 1.45. The van der Waals surface area contributed by atoms with E-state index in [0.29, 0.717) is 33.8 Å². The predicted octanol–water partition coefficient (Wildman–Crippen LogP) is 4.14. The maximum Gasteiger partial charge on any atom is 0.255 e. The average Bonchev–Trinajstić information content (AvgIpc) is 2.79. The minimum atomic E-state index is -0.273. The number of methoxy groups -OCH3 is 1. The third kappa shape index (κ3) is 4.10. The molecule has 1 aromatic heterocycles. The lowest BCUT2D eigenvalue weighted by Crippen LogP contribution is -2.14. The summed E-state index contributed by atoms with van der Waals surface area (Å²) in [6.07, 6.45) is 3.19. The van der Waals surface area contributed by atoms with E-state index in [0.717, 1.165) is 5.52 Å². The summed E-state index contributed by atoms with van der Waals surface area (Å²) in [4.78, 5) is 33.4. The van der Waals surface area contributed by atoms with E-state index in [1.54, 1.807) is 74.1 Å². The van der Waals surface area contributed by atoms with Crippen molar-refractivity contribution in [2.75, 3.05) is 17.7 Å². The lowest BCUT2D eigenvalue weighted by atomic mass is 10.1. The lowest BCUT2D eigenvalue weighted by molar-refractivity contribution is 0.101. The zero-order chi connectivity index (χ0) is 20.9. The average molecular weight is 398 g/mol. The molecule has 2 amide bonds. The number of fused-ring (bicyclic) bond motifs is 1. The molecule has 4 aromatic rings. The van der Waals surface area contributed by atoms with Crippen LogP contribution in [0, 0.1) is 0 Å². The van der Waals surface area contributed by atoms with Crippen LogP contribution in [-0.2, 0) is 0 Å². The molecule has 0 atom stereocenters. The van der Waals surface area contributed by atoms with Crippen LogP contribution in [0.25, 0.3) is 11.0 Å². The molecule has 0 radical (unpaired) electrons. The number of aromatic nitrogens is 2. The lowest BCUT2D eigenvalue weighted by Gasteiger charge is -2.10. The second-order valence-electron chi connectivity index (χ2n) is 6.45. The molecule has 7 heteroatoms. The van der Waals surface area contributed by atoms with Crippen LogP contribution in [0.3, 0.4) is 0 Å². The monoisotopic (exact) mass is 398 g/mol. The summed E-state index contributed by atoms with van der Waals surface area (Å²) in [7, 11) is 1.55. The molecule has 30 heavy (non-hydrogen) atoms. The fourth-order valence-electron chi connectivity index (χ4n) is 2.96. The fraction of sp³-hybridized carbons (Fsp3) is 0.0435. The van der Waals surface area contributed by atoms with Crippen molar-refractivity contribution in [2.45, 2.75) is 0 Å². The van der Waals surface area contributed by atoms with Crippen molar-refractivity contribution in [3.8, 4) is 5.75 Å². The summed E-state index contributed by atoms with van der Waals surface area (Å²) >= 11 is 0. The van der Waals surface area contributed by atoms with Gasteiger partial charge in [-0.2, -0.15) is 0 Å². The number of nitrogens with zero attached hydrogens (tertiary/aromatic N) is 2. The number of para-hydroxylation sites is 2. The number of carbonyl (C=O) groups excluding carboxylic acids is 2. The maximum absolute atomic E-state index is 12.5. The molecule has 4 rings (SSSR count). The third-order valence-electron chi connectivity index (χ3n) is 4.49. The zero-order valence-corrected chi connectivity index (χ0v) is 16.1. The summed E-state index contributed by atoms with van der Waals surface area (Å²) in [5, 5.41) is 5.63. The summed E-state index contributed by atoms with van der Waals surface area (Å²) in [6, 6.07) is 19.0. The van der Waals surface area contributed by atoms with Crippen LogP contribution in [0.15, 0.2) is 79.1 Å². The minimum absolute atomic E-state index is 0.270. The number of nitrogens with one attached hydrogen (secondary N) is 2. The van der Waals surface area contributed by atoms with Crippen LogP contribution in [0.1, 0.15) is 20.7 Å². The van der Waals surface area contributed by atoms with Crippen molar-refractivity contribution in [2.24, 2.45) is 0 Å². The Bertz CT molecular complexity index is 1220. The molecule has 7 nitrogen and oxygen atoms in total. The van der Waals surface area contributed by atoms with Gasteiger partial charge in [-0.15, -0.1) is 0 Å². The van der Waals surface area contributed by atoms with Crippen LogP contribution in [0.5, 0.6) is 5.75 Å². The number of rotatable bonds is 5. The van der Waals surface area contributed by atoms with Gasteiger partial charge in [-0.1, -0.05) is 12.1 Å². The second-order valence-corrected chi connectivity index (χ2v) is 6.45. The Morgan fingerprint density at radius 3 is 2.20 bits per heavy atom. The highest BCUT2D eigenvalue weighted by atomic mass is 16.5. The van der Waals surface area contributed by atoms with Gasteiger partial charge < -0.3 is 15.4 Å². The molecule has 0 unspecified atom stereocenters. The van der Waals surface area contributed by atoms with Gasteiger partial charge in [-0.25, -0.2) is 0 Å². The topological polar surface area (TPSA) is 93.2 Å². The van der Waals surface area contributed by atoms with Crippen molar-refractivity contribution in [3.63, 3.8) is 0 Å². The van der Waals surface area contributed by atoms with Crippen LogP contribution in [0.4, 0.5) is 11.4 Å². The predicted molar refractivity (Wildman–Crippen MR) is 115 cm³/mol. The molecule has 0 bridgehead atoms. The summed E-state index contributed by atoms with van der Waals surface area (Å²) in [5.41, 5.74) is 3.46. The smallest absolute Gasteiger partial charge is 0.255 e. The highest BCUT2D eigenvalue weighted by Gasteiger charge is 2.11. The van der Waals surface area contributed by atoms with E-state index < -0.39 is 0 Å². The Morgan fingerprint density at radius 2 is 1.43 bits per heavy atom. The quantitative estimate of drug-likeness (QED) is 0.527. The molecule has 0 aliphatic heterocycles. The second kappa shape index (κ2) is 8.40. The molecule has 2 N–H and O–H groups in total. The molecule has 0 spiro atoms. The van der Waals surface area contributed by atoms with Crippen LogP contribution >= 0.6 is 0 Å². The third-order valence-corrected chi connectivity index (χ3v) is 4.49. The first-order valence-corrected chi connectivity index (χ1v) is 9.20. The van der Waals surface area contributed by atoms with Gasteiger partial charge in [0.1, 0.15) is 5.75 Å². The molecular weight excluding hydrogens is 380 g/mol. The number of ether oxygens (including phenoxy) is 1. The number of anilines is 2. The van der Waals surface area contributed by atoms with Gasteiger partial charge in [0, 0.05) is 29.2 Å². The Morgan fingerprint density at radius 1 is 0.767 bits per heavy atom. The molecular formula is C23H18N4O3. The first-order valence-electron chi connectivity index (χ1n) is 9.20. The van der Waals surface area contributed by atoms with Crippen LogP contribution in [-0.4, -0.2) is 28.9 Å². The summed E-state index contributed by atoms with van der Waals surface area (Å²) in [5.74, 6) is 0.0362. The van der Waals surface area contributed by atoms with Gasteiger partial charge in [-0.3, -0.25) is 19.6 Å². The number of hydrogen-bond donors (Lipinski definition) is 2. The largest absolute Gasteiger partial charge is 0.495 e. The van der Waals surface area contributed by atoms with Gasteiger partial charge in [0.15, 0.2) is 0 Å². The van der Waals surface area contributed by atoms with Crippen molar-refractivity contribution >= 4 is 34.2 Å². The standard InChI is InChI=1S/C23H18N4O3/c1-30-21-5-3-2-4-19(21)27-22(28)15-6-9-17(10-7-15)26-23(29)16-8-11-18-20(14-16)25-13-12-24-18/h2-14H,1H3,(H,26,29)(H,27,28). The van der Waals surface area contributed by atoms with E-state index in [4.69, 9.17) is 4.74 Å². The number of hydrogen-bond acceptors (Lipinski definition) is 5. The Kier molecular flexibility index (Phi) is 5.34. The first kappa shape index (κ1) is 19.1. The number of benzene rings is 3. The van der Waals surface area contributed by atoms with Crippen LogP contribution in [0.2, 0.25) is 0 Å². The van der Waals surface area contributed by atoms with Crippen molar-refractivity contribution in [1.29, 1.82) is 0 Å². The summed E-state index contributed by atoms with van der Waals surface area (Å²) < 4.78 is 5.24. The molecule has 0 aliphatic carbocycles. The highest BCUT2D eigenvalue weighted by molar-refractivity contribution is 6.07. The summed E-state index contributed by atoms with van der Waals surface area (Å²) in [6.45, 7) is 0. The van der Waals surface area contributed by atoms with Gasteiger partial charge in [-0.05, 0) is 54.6 Å². The van der Waals surface area contributed by atoms with Gasteiger partial charge >= 0.3 is 0 Å².